The molecular weight excluding hydrogens is 248 g/mol. The highest BCUT2D eigenvalue weighted by atomic mass is 16.3. The zero-order valence-electron chi connectivity index (χ0n) is 12.2. The minimum Gasteiger partial charge on any atom is -0.387 e. The quantitative estimate of drug-likeness (QED) is 0.886. The fourth-order valence-electron chi connectivity index (χ4n) is 3.93. The molecule has 0 aromatic heterocycles. The number of nitrogens with two attached hydrogens (primary N) is 1. The van der Waals surface area contributed by atoms with Crippen molar-refractivity contribution in [3.05, 3.63) is 35.4 Å². The highest BCUT2D eigenvalue weighted by Crippen LogP contribution is 2.36. The molecule has 0 amide bonds. The molecule has 1 aromatic rings. The number of rotatable bonds is 4. The number of aliphatic hydroxyl groups is 1. The van der Waals surface area contributed by atoms with Crippen LogP contribution in [0.2, 0.25) is 0 Å². The Labute approximate surface area is 121 Å². The van der Waals surface area contributed by atoms with Crippen LogP contribution in [0.5, 0.6) is 0 Å². The molecule has 0 bridgehead atoms. The van der Waals surface area contributed by atoms with Crippen LogP contribution in [0.4, 0.5) is 0 Å². The van der Waals surface area contributed by atoms with Gasteiger partial charge in [0.1, 0.15) is 0 Å². The van der Waals surface area contributed by atoms with E-state index < -0.39 is 0 Å². The normalized spacial score (nSPS) is 28.3. The monoisotopic (exact) mass is 274 g/mol. The summed E-state index contributed by atoms with van der Waals surface area (Å²) >= 11 is 0. The first-order chi connectivity index (χ1) is 9.78. The van der Waals surface area contributed by atoms with E-state index in [1.807, 2.05) is 24.3 Å². The number of aliphatic hydroxyl groups excluding tert-OH is 1. The Hall–Kier alpha value is -0.900. The average Bonchev–Trinajstić information content (AvgIpc) is 2.91. The molecule has 1 aromatic carbocycles. The van der Waals surface area contributed by atoms with Gasteiger partial charge in [-0.3, -0.25) is 4.90 Å². The Bertz CT molecular complexity index is 431. The molecule has 110 valence electrons. The van der Waals surface area contributed by atoms with Gasteiger partial charge >= 0.3 is 0 Å². The van der Waals surface area contributed by atoms with Crippen molar-refractivity contribution >= 4 is 0 Å². The van der Waals surface area contributed by atoms with Gasteiger partial charge in [-0.25, -0.2) is 0 Å². The fourth-order valence-corrected chi connectivity index (χ4v) is 3.93. The van der Waals surface area contributed by atoms with Crippen LogP contribution in [-0.4, -0.2) is 29.1 Å². The molecule has 1 aliphatic carbocycles. The summed E-state index contributed by atoms with van der Waals surface area (Å²) in [5.41, 5.74) is 7.75. The summed E-state index contributed by atoms with van der Waals surface area (Å²) < 4.78 is 0. The molecule has 0 radical (unpaired) electrons. The number of benzene rings is 1. The third kappa shape index (κ3) is 2.90. The minimum absolute atomic E-state index is 0.373. The molecule has 2 aliphatic rings. The second kappa shape index (κ2) is 6.25. The second-order valence-corrected chi connectivity index (χ2v) is 6.36. The van der Waals surface area contributed by atoms with Crippen LogP contribution in [0.1, 0.15) is 49.3 Å². The van der Waals surface area contributed by atoms with Gasteiger partial charge in [-0.05, 0) is 42.9 Å². The largest absolute Gasteiger partial charge is 0.387 e. The van der Waals surface area contributed by atoms with Crippen LogP contribution < -0.4 is 5.73 Å². The minimum atomic E-state index is -0.373. The summed E-state index contributed by atoms with van der Waals surface area (Å²) in [6, 6.07) is 8.79. The van der Waals surface area contributed by atoms with Crippen molar-refractivity contribution < 1.29 is 5.11 Å². The Morgan fingerprint density at radius 2 is 1.90 bits per heavy atom. The van der Waals surface area contributed by atoms with Gasteiger partial charge in [-0.2, -0.15) is 0 Å². The maximum Gasteiger partial charge on any atom is 0.0917 e. The molecule has 0 spiro atoms. The molecule has 1 aliphatic heterocycles. The van der Waals surface area contributed by atoms with Crippen molar-refractivity contribution in [1.29, 1.82) is 0 Å². The first-order valence-corrected chi connectivity index (χ1v) is 7.99. The predicted octanol–water partition coefficient (Wildman–Crippen LogP) is 2.44. The second-order valence-electron chi connectivity index (χ2n) is 6.36. The summed E-state index contributed by atoms with van der Waals surface area (Å²) in [4.78, 5) is 2.52. The summed E-state index contributed by atoms with van der Waals surface area (Å²) in [5, 5.41) is 10.5. The maximum atomic E-state index is 10.5. The number of likely N-dealkylation sites (tertiary alicyclic amines) is 1. The first-order valence-electron chi connectivity index (χ1n) is 7.99. The molecular formula is C17H26N2O. The van der Waals surface area contributed by atoms with E-state index in [1.165, 1.54) is 32.1 Å². The number of fused-ring (bicyclic) bond motifs is 1. The van der Waals surface area contributed by atoms with Gasteiger partial charge in [0.05, 0.1) is 6.10 Å². The van der Waals surface area contributed by atoms with E-state index in [-0.39, 0.29) is 6.10 Å². The number of hydrogen-bond donors (Lipinski definition) is 2. The zero-order valence-corrected chi connectivity index (χ0v) is 12.2. The van der Waals surface area contributed by atoms with Crippen molar-refractivity contribution in [2.75, 3.05) is 13.1 Å². The molecule has 1 saturated carbocycles. The van der Waals surface area contributed by atoms with Crippen LogP contribution in [0.15, 0.2) is 24.3 Å². The van der Waals surface area contributed by atoms with E-state index in [1.54, 1.807) is 0 Å². The van der Waals surface area contributed by atoms with Crippen molar-refractivity contribution in [1.82, 2.24) is 4.90 Å². The first kappa shape index (κ1) is 14.1. The van der Waals surface area contributed by atoms with Crippen molar-refractivity contribution in [3.8, 4) is 0 Å². The summed E-state index contributed by atoms with van der Waals surface area (Å²) in [6.07, 6.45) is 6.43. The maximum absolute atomic E-state index is 10.5. The summed E-state index contributed by atoms with van der Waals surface area (Å²) in [5.74, 6) is 0.885. The van der Waals surface area contributed by atoms with Gasteiger partial charge in [0.2, 0.25) is 0 Å². The number of β-amino-alcohol motifs (C(OH)–C–C–N with tert-alkyl or cyclic N) is 1. The standard InChI is InChI=1S/C17H26N2O/c18-11-13-5-7-15(8-6-13)17(20)12-19-10-9-14-3-1-2-4-16(14)19/h5-8,14,16-17,20H,1-4,9-12,18H2. The van der Waals surface area contributed by atoms with Gasteiger partial charge in [-0.15, -0.1) is 0 Å². The van der Waals surface area contributed by atoms with E-state index in [4.69, 9.17) is 5.73 Å². The van der Waals surface area contributed by atoms with Gasteiger partial charge in [-0.1, -0.05) is 37.1 Å². The highest BCUT2D eigenvalue weighted by molar-refractivity contribution is 5.24. The molecule has 3 N–H and O–H groups in total. The van der Waals surface area contributed by atoms with Gasteiger partial charge in [0.15, 0.2) is 0 Å². The lowest BCUT2D eigenvalue weighted by Crippen LogP contribution is -2.37. The van der Waals surface area contributed by atoms with E-state index in [2.05, 4.69) is 4.90 Å². The molecule has 3 rings (SSSR count). The van der Waals surface area contributed by atoms with E-state index >= 15 is 0 Å². The molecule has 1 heterocycles. The topological polar surface area (TPSA) is 49.5 Å². The van der Waals surface area contributed by atoms with Crippen molar-refractivity contribution in [2.45, 2.75) is 50.8 Å². The van der Waals surface area contributed by atoms with Gasteiger partial charge in [0.25, 0.3) is 0 Å². The van der Waals surface area contributed by atoms with Crippen LogP contribution in [0, 0.1) is 5.92 Å². The molecule has 3 unspecified atom stereocenters. The van der Waals surface area contributed by atoms with E-state index in [0.717, 1.165) is 36.2 Å². The number of hydrogen-bond acceptors (Lipinski definition) is 3. The molecule has 2 fully saturated rings. The molecule has 1 saturated heterocycles. The summed E-state index contributed by atoms with van der Waals surface area (Å²) in [7, 11) is 0. The Morgan fingerprint density at radius 3 is 2.65 bits per heavy atom. The molecule has 20 heavy (non-hydrogen) atoms. The Morgan fingerprint density at radius 1 is 1.15 bits per heavy atom. The van der Waals surface area contributed by atoms with Crippen molar-refractivity contribution in [3.63, 3.8) is 0 Å². The lowest BCUT2D eigenvalue weighted by atomic mass is 9.85. The number of nitrogens with zero attached hydrogens (tertiary/aromatic N) is 1. The third-order valence-electron chi connectivity index (χ3n) is 5.13. The van der Waals surface area contributed by atoms with E-state index in [9.17, 15) is 5.11 Å². The van der Waals surface area contributed by atoms with Crippen LogP contribution in [0.25, 0.3) is 0 Å². The molecule has 3 atom stereocenters. The zero-order chi connectivity index (χ0) is 13.9. The predicted molar refractivity (Wildman–Crippen MR) is 81.2 cm³/mol. The van der Waals surface area contributed by atoms with Crippen LogP contribution in [0.3, 0.4) is 0 Å². The Kier molecular flexibility index (Phi) is 4.39. The van der Waals surface area contributed by atoms with E-state index in [0.29, 0.717) is 6.54 Å². The van der Waals surface area contributed by atoms with Crippen LogP contribution in [-0.2, 0) is 6.54 Å². The van der Waals surface area contributed by atoms with Gasteiger partial charge in [0, 0.05) is 19.1 Å². The SMILES string of the molecule is NCc1ccc(C(O)CN2CCC3CCCCC32)cc1. The average molecular weight is 274 g/mol. The Balaban J connectivity index is 1.61. The fraction of sp³-hybridized carbons (Fsp3) is 0.647. The molecule has 3 nitrogen and oxygen atoms in total. The molecule has 3 heteroatoms. The van der Waals surface area contributed by atoms with Crippen LogP contribution >= 0.6 is 0 Å². The van der Waals surface area contributed by atoms with Crippen molar-refractivity contribution in [2.24, 2.45) is 11.7 Å². The smallest absolute Gasteiger partial charge is 0.0917 e. The summed E-state index contributed by atoms with van der Waals surface area (Å²) in [6.45, 7) is 2.50. The third-order valence-corrected chi connectivity index (χ3v) is 5.13. The highest BCUT2D eigenvalue weighted by Gasteiger charge is 2.36. The van der Waals surface area contributed by atoms with Gasteiger partial charge < -0.3 is 10.8 Å². The lowest BCUT2D eigenvalue weighted by Gasteiger charge is -2.32. The lowest BCUT2D eigenvalue weighted by molar-refractivity contribution is 0.0893.